The first-order chi connectivity index (χ1) is 9.90. The van der Waals surface area contributed by atoms with E-state index in [4.69, 9.17) is 0 Å². The Morgan fingerprint density at radius 2 is 2.19 bits per heavy atom. The van der Waals surface area contributed by atoms with E-state index in [1.165, 1.54) is 12.1 Å². The van der Waals surface area contributed by atoms with Crippen LogP contribution in [0.2, 0.25) is 0 Å². The Kier molecular flexibility index (Phi) is 5.75. The first-order valence-electron chi connectivity index (χ1n) is 6.39. The fraction of sp³-hybridized carbons (Fsp3) is 0.357. The van der Waals surface area contributed by atoms with E-state index in [-0.39, 0.29) is 5.82 Å². The fourth-order valence-electron chi connectivity index (χ4n) is 1.99. The van der Waals surface area contributed by atoms with Crippen LogP contribution in [0, 0.1) is 9.39 Å². The molecule has 1 aromatic heterocycles. The normalized spacial score (nSPS) is 12.9. The van der Waals surface area contributed by atoms with E-state index in [2.05, 4.69) is 21.0 Å². The van der Waals surface area contributed by atoms with Gasteiger partial charge in [0.25, 0.3) is 0 Å². The Morgan fingerprint density at radius 3 is 2.81 bits per heavy atom. The van der Waals surface area contributed by atoms with E-state index in [0.29, 0.717) is 21.4 Å². The van der Waals surface area contributed by atoms with E-state index in [9.17, 15) is 9.50 Å². The van der Waals surface area contributed by atoms with Crippen LogP contribution in [0.15, 0.2) is 28.9 Å². The molecule has 1 N–H and O–H groups in total. The second-order valence-corrected chi connectivity index (χ2v) is 6.99. The molecule has 2 rings (SSSR count). The molecule has 0 bridgehead atoms. The third kappa shape index (κ3) is 4.02. The minimum absolute atomic E-state index is 0.310. The molecular weight excluding hydrogens is 452 g/mol. The summed E-state index contributed by atoms with van der Waals surface area (Å²) < 4.78 is 16.4. The molecule has 1 unspecified atom stereocenters. The lowest BCUT2D eigenvalue weighted by Crippen LogP contribution is -2.21. The SMILES string of the molecule is CN(C)CCn1ncc(Br)c1C(O)c1ccc(F)cc1I. The maximum Gasteiger partial charge on any atom is 0.124 e. The van der Waals surface area contributed by atoms with Gasteiger partial charge in [0.2, 0.25) is 0 Å². The van der Waals surface area contributed by atoms with Gasteiger partial charge in [-0.2, -0.15) is 5.10 Å². The number of hydrogen-bond acceptors (Lipinski definition) is 3. The highest BCUT2D eigenvalue weighted by Gasteiger charge is 2.21. The molecular formula is C14H16BrFIN3O. The molecule has 1 heterocycles. The molecule has 0 radical (unpaired) electrons. The predicted molar refractivity (Wildman–Crippen MR) is 91.7 cm³/mol. The van der Waals surface area contributed by atoms with Crippen LogP contribution in [0.5, 0.6) is 0 Å². The molecule has 7 heteroatoms. The lowest BCUT2D eigenvalue weighted by Gasteiger charge is -2.17. The summed E-state index contributed by atoms with van der Waals surface area (Å²) in [5, 5.41) is 14.9. The standard InChI is InChI=1S/C14H16BrFIN3O/c1-19(2)5-6-20-13(11(15)8-18-20)14(21)10-4-3-9(16)7-12(10)17/h3-4,7-8,14,21H,5-6H2,1-2H3. The molecule has 0 aliphatic heterocycles. The zero-order valence-electron chi connectivity index (χ0n) is 11.7. The Balaban J connectivity index is 2.34. The van der Waals surface area contributed by atoms with E-state index in [1.54, 1.807) is 16.9 Å². The number of nitrogens with zero attached hydrogens (tertiary/aromatic N) is 3. The van der Waals surface area contributed by atoms with Crippen molar-refractivity contribution in [3.63, 3.8) is 0 Å². The van der Waals surface area contributed by atoms with Crippen LogP contribution in [0.25, 0.3) is 0 Å². The van der Waals surface area contributed by atoms with Crippen molar-refractivity contribution in [1.29, 1.82) is 0 Å². The molecule has 0 fully saturated rings. The maximum absolute atomic E-state index is 13.2. The molecule has 2 aromatic rings. The van der Waals surface area contributed by atoms with Crippen molar-refractivity contribution in [2.24, 2.45) is 0 Å². The third-order valence-electron chi connectivity index (χ3n) is 3.11. The number of halogens is 3. The quantitative estimate of drug-likeness (QED) is 0.687. The molecule has 0 saturated heterocycles. The summed E-state index contributed by atoms with van der Waals surface area (Å²) in [6.07, 6.45) is 0.821. The molecule has 0 saturated carbocycles. The van der Waals surface area contributed by atoms with Gasteiger partial charge in [0, 0.05) is 15.7 Å². The van der Waals surface area contributed by atoms with Crippen LogP contribution in [-0.4, -0.2) is 40.4 Å². The Morgan fingerprint density at radius 1 is 1.48 bits per heavy atom. The van der Waals surface area contributed by atoms with Gasteiger partial charge in [0.15, 0.2) is 0 Å². The maximum atomic E-state index is 13.2. The van der Waals surface area contributed by atoms with E-state index >= 15 is 0 Å². The summed E-state index contributed by atoms with van der Waals surface area (Å²) in [7, 11) is 3.97. The number of hydrogen-bond donors (Lipinski definition) is 1. The first kappa shape index (κ1) is 16.9. The lowest BCUT2D eigenvalue weighted by atomic mass is 10.1. The van der Waals surface area contributed by atoms with Crippen LogP contribution in [0.3, 0.4) is 0 Å². The highest BCUT2D eigenvalue weighted by atomic mass is 127. The van der Waals surface area contributed by atoms with Gasteiger partial charge in [0.1, 0.15) is 11.9 Å². The molecule has 1 aromatic carbocycles. The minimum atomic E-state index is -0.850. The lowest BCUT2D eigenvalue weighted by molar-refractivity contribution is 0.204. The number of rotatable bonds is 5. The van der Waals surface area contributed by atoms with Gasteiger partial charge in [-0.25, -0.2) is 4.39 Å². The van der Waals surface area contributed by atoms with Gasteiger partial charge in [0.05, 0.1) is 22.9 Å². The summed E-state index contributed by atoms with van der Waals surface area (Å²) in [6.45, 7) is 1.48. The number of aliphatic hydroxyl groups is 1. The van der Waals surface area contributed by atoms with Crippen molar-refractivity contribution < 1.29 is 9.50 Å². The van der Waals surface area contributed by atoms with Gasteiger partial charge in [-0.05, 0) is 64.7 Å². The average Bonchev–Trinajstić information content (AvgIpc) is 2.77. The van der Waals surface area contributed by atoms with Gasteiger partial charge in [-0.3, -0.25) is 4.68 Å². The third-order valence-corrected chi connectivity index (χ3v) is 4.65. The van der Waals surface area contributed by atoms with Crippen molar-refractivity contribution >= 4 is 38.5 Å². The minimum Gasteiger partial charge on any atom is -0.382 e. The zero-order valence-corrected chi connectivity index (χ0v) is 15.5. The van der Waals surface area contributed by atoms with Gasteiger partial charge >= 0.3 is 0 Å². The highest BCUT2D eigenvalue weighted by Crippen LogP contribution is 2.31. The smallest absolute Gasteiger partial charge is 0.124 e. The van der Waals surface area contributed by atoms with Crippen molar-refractivity contribution in [3.05, 3.63) is 49.5 Å². The van der Waals surface area contributed by atoms with Gasteiger partial charge < -0.3 is 10.0 Å². The van der Waals surface area contributed by atoms with Crippen molar-refractivity contribution in [2.75, 3.05) is 20.6 Å². The largest absolute Gasteiger partial charge is 0.382 e. The van der Waals surface area contributed by atoms with Crippen LogP contribution < -0.4 is 0 Å². The van der Waals surface area contributed by atoms with Crippen molar-refractivity contribution in [1.82, 2.24) is 14.7 Å². The second-order valence-electron chi connectivity index (χ2n) is 4.97. The predicted octanol–water partition coefficient (Wildman–Crippen LogP) is 3.03. The molecule has 0 amide bonds. The molecule has 4 nitrogen and oxygen atoms in total. The summed E-state index contributed by atoms with van der Waals surface area (Å²) in [5.41, 5.74) is 1.35. The summed E-state index contributed by atoms with van der Waals surface area (Å²) in [4.78, 5) is 2.05. The highest BCUT2D eigenvalue weighted by molar-refractivity contribution is 14.1. The Labute approximate surface area is 145 Å². The molecule has 0 aliphatic carbocycles. The van der Waals surface area contributed by atoms with Crippen LogP contribution >= 0.6 is 38.5 Å². The van der Waals surface area contributed by atoms with E-state index in [0.717, 1.165) is 11.0 Å². The summed E-state index contributed by atoms with van der Waals surface area (Å²) in [6, 6.07) is 4.38. The molecule has 21 heavy (non-hydrogen) atoms. The Hall–Kier alpha value is -0.510. The number of aromatic nitrogens is 2. The number of likely N-dealkylation sites (N-methyl/N-ethyl adjacent to an activating group) is 1. The number of benzene rings is 1. The topological polar surface area (TPSA) is 41.3 Å². The Bertz CT molecular complexity index is 633. The molecule has 0 spiro atoms. The van der Waals surface area contributed by atoms with E-state index < -0.39 is 6.10 Å². The zero-order chi connectivity index (χ0) is 15.6. The molecule has 0 aliphatic rings. The molecule has 114 valence electrons. The first-order valence-corrected chi connectivity index (χ1v) is 8.26. The van der Waals surface area contributed by atoms with Crippen molar-refractivity contribution in [2.45, 2.75) is 12.6 Å². The van der Waals surface area contributed by atoms with Crippen LogP contribution in [-0.2, 0) is 6.54 Å². The molecule has 1 atom stereocenters. The van der Waals surface area contributed by atoms with Crippen molar-refractivity contribution in [3.8, 4) is 0 Å². The average molecular weight is 468 g/mol. The summed E-state index contributed by atoms with van der Waals surface area (Å²) >= 11 is 5.46. The van der Waals surface area contributed by atoms with Gasteiger partial charge in [-0.1, -0.05) is 6.07 Å². The summed E-state index contributed by atoms with van der Waals surface area (Å²) in [5.74, 6) is -0.310. The monoisotopic (exact) mass is 467 g/mol. The van der Waals surface area contributed by atoms with Crippen LogP contribution in [0.4, 0.5) is 4.39 Å². The van der Waals surface area contributed by atoms with Gasteiger partial charge in [-0.15, -0.1) is 0 Å². The number of aliphatic hydroxyl groups excluding tert-OH is 1. The van der Waals surface area contributed by atoms with E-state index in [1.807, 2.05) is 41.6 Å². The second kappa shape index (κ2) is 7.17. The van der Waals surface area contributed by atoms with Crippen LogP contribution in [0.1, 0.15) is 17.4 Å². The fourth-order valence-corrected chi connectivity index (χ4v) is 3.27.